The molecule has 1 aliphatic heterocycles. The van der Waals surface area contributed by atoms with Gasteiger partial charge in [-0.2, -0.15) is 0 Å². The van der Waals surface area contributed by atoms with Crippen LogP contribution >= 0.6 is 0 Å². The number of benzene rings is 2. The summed E-state index contributed by atoms with van der Waals surface area (Å²) in [6.07, 6.45) is -4.34. The van der Waals surface area contributed by atoms with E-state index < -0.39 is 82.9 Å². The van der Waals surface area contributed by atoms with Crippen molar-refractivity contribution in [3.8, 4) is 16.9 Å². The number of aliphatic hydroxyl groups excluding tert-OH is 1. The second kappa shape index (κ2) is 20.4. The van der Waals surface area contributed by atoms with Gasteiger partial charge in [-0.25, -0.2) is 18.8 Å². The molecule has 4 bridgehead atoms. The Hall–Kier alpha value is -5.65. The Labute approximate surface area is 343 Å². The number of phenols is 1. The molecule has 3 rings (SSSR count). The zero-order valence-electron chi connectivity index (χ0n) is 35.2. The lowest BCUT2D eigenvalue weighted by Crippen LogP contribution is -2.58. The number of rotatable bonds is 10. The van der Waals surface area contributed by atoms with E-state index in [1.807, 2.05) is 0 Å². The lowest BCUT2D eigenvalue weighted by molar-refractivity contribution is -0.132. The first kappa shape index (κ1) is 47.7. The van der Waals surface area contributed by atoms with E-state index >= 15 is 4.39 Å². The molecule has 2 aromatic carbocycles. The Morgan fingerprint density at radius 3 is 1.90 bits per heavy atom. The largest absolute Gasteiger partial charge is 0.508 e. The molecule has 0 aromatic heterocycles. The number of aliphatic hydroxyl groups is 1. The van der Waals surface area contributed by atoms with Gasteiger partial charge in [-0.3, -0.25) is 14.4 Å². The Bertz CT molecular complexity index is 1840. The van der Waals surface area contributed by atoms with Gasteiger partial charge in [0.2, 0.25) is 17.7 Å². The van der Waals surface area contributed by atoms with Crippen molar-refractivity contribution in [1.82, 2.24) is 31.9 Å². The van der Waals surface area contributed by atoms with Gasteiger partial charge in [0.15, 0.2) is 0 Å². The molecule has 17 nitrogen and oxygen atoms in total. The first-order chi connectivity index (χ1) is 27.3. The lowest BCUT2D eigenvalue weighted by Gasteiger charge is -2.27. The predicted octanol–water partition coefficient (Wildman–Crippen LogP) is 3.47. The molecular weight excluding hydrogens is 771 g/mol. The summed E-state index contributed by atoms with van der Waals surface area (Å²) in [5.74, 6) is -3.42. The quantitative estimate of drug-likeness (QED) is 0.127. The number of ether oxygens (including phenoxy) is 3. The Kier molecular flexibility index (Phi) is 16.5. The maximum Gasteiger partial charge on any atom is 0.408 e. The van der Waals surface area contributed by atoms with E-state index in [-0.39, 0.29) is 62.2 Å². The highest BCUT2D eigenvalue weighted by molar-refractivity contribution is 5.94. The van der Waals surface area contributed by atoms with Gasteiger partial charge in [-0.05, 0) is 122 Å². The van der Waals surface area contributed by atoms with Crippen LogP contribution in [0.25, 0.3) is 11.1 Å². The normalized spacial score (nSPS) is 18.1. The van der Waals surface area contributed by atoms with Crippen LogP contribution in [0.3, 0.4) is 0 Å². The van der Waals surface area contributed by atoms with Crippen LogP contribution in [0.4, 0.5) is 18.8 Å². The van der Waals surface area contributed by atoms with Gasteiger partial charge in [-0.15, -0.1) is 0 Å². The number of carbonyl (C=O) groups excluding carboxylic acids is 6. The van der Waals surface area contributed by atoms with Crippen LogP contribution in [-0.2, 0) is 41.4 Å². The molecule has 0 saturated carbocycles. The van der Waals surface area contributed by atoms with E-state index in [9.17, 15) is 39.0 Å². The number of hydrogen-bond donors (Lipinski definition) is 8. The summed E-state index contributed by atoms with van der Waals surface area (Å²) in [5.41, 5.74) is -1.25. The predicted molar refractivity (Wildman–Crippen MR) is 215 cm³/mol. The van der Waals surface area contributed by atoms with Crippen molar-refractivity contribution < 1.29 is 57.6 Å². The number of fused-ring (bicyclic) bond motifs is 5. The molecule has 4 atom stereocenters. The molecule has 0 saturated heterocycles. The number of alkyl carbamates (subject to hydrolysis) is 3. The third kappa shape index (κ3) is 17.0. The van der Waals surface area contributed by atoms with E-state index in [4.69, 9.17) is 14.2 Å². The van der Waals surface area contributed by atoms with Gasteiger partial charge >= 0.3 is 18.3 Å². The van der Waals surface area contributed by atoms with Crippen molar-refractivity contribution in [2.45, 2.75) is 129 Å². The van der Waals surface area contributed by atoms with Gasteiger partial charge < -0.3 is 56.3 Å². The monoisotopic (exact) mass is 830 g/mol. The van der Waals surface area contributed by atoms with Gasteiger partial charge in [-0.1, -0.05) is 12.1 Å². The molecule has 326 valence electrons. The molecule has 18 heteroatoms. The van der Waals surface area contributed by atoms with Gasteiger partial charge in [0.25, 0.3) is 0 Å². The molecule has 59 heavy (non-hydrogen) atoms. The zero-order chi connectivity index (χ0) is 44.3. The maximum absolute atomic E-state index is 15.5. The highest BCUT2D eigenvalue weighted by atomic mass is 19.1. The van der Waals surface area contributed by atoms with Crippen molar-refractivity contribution >= 4 is 36.0 Å². The SMILES string of the molecule is CC(C)(C)OC(=O)NCCC[C@@H]1NC(=O)[C@@H](NC(=O)OC(C)(C)C)Cc2cc(ccc2O)-c2ccc(F)c(c2)C[C@@H](C(=O)NCC(O)CNC(=O)OC(C)(C)C)NC1=O. The number of amides is 6. The van der Waals surface area contributed by atoms with E-state index in [2.05, 4.69) is 31.9 Å². The smallest absolute Gasteiger partial charge is 0.408 e. The minimum absolute atomic E-state index is 0.0198. The van der Waals surface area contributed by atoms with Crippen molar-refractivity contribution in [3.63, 3.8) is 0 Å². The third-order valence-electron chi connectivity index (χ3n) is 8.31. The van der Waals surface area contributed by atoms with Crippen LogP contribution in [-0.4, -0.2) is 107 Å². The number of carbonyl (C=O) groups is 6. The molecule has 6 amide bonds. The number of halogens is 1. The summed E-state index contributed by atoms with van der Waals surface area (Å²) in [6.45, 7) is 14.3. The highest BCUT2D eigenvalue weighted by Crippen LogP contribution is 2.29. The fraction of sp³-hybridized carbons (Fsp3) is 0.561. The summed E-state index contributed by atoms with van der Waals surface area (Å²) in [4.78, 5) is 79.3. The van der Waals surface area contributed by atoms with E-state index in [1.165, 1.54) is 24.3 Å². The van der Waals surface area contributed by atoms with Crippen LogP contribution < -0.4 is 31.9 Å². The van der Waals surface area contributed by atoms with Crippen molar-refractivity contribution in [2.24, 2.45) is 0 Å². The molecule has 0 fully saturated rings. The zero-order valence-corrected chi connectivity index (χ0v) is 35.2. The standard InChI is InChI=1S/C41H59FN6O11/c1-39(2,3)57-36(54)43-16-10-11-29-34(52)47-30(33(51)44-21-27(49)22-45-37(55)58-40(4,5)6)19-25-17-23(12-14-28(25)42)24-13-15-32(50)26(18-24)20-31(35(53)46-29)48-38(56)59-41(7,8)9/h12-15,17-18,27,29-31,49-50H,10-11,16,19-22H2,1-9H3,(H,43,54)(H,44,51)(H,45,55)(H,46,53)(H,47,52)(H,48,56)/t27?,29-,30-,31-/m0/s1. The van der Waals surface area contributed by atoms with Gasteiger partial charge in [0, 0.05) is 32.5 Å². The first-order valence-electron chi connectivity index (χ1n) is 19.4. The average molecular weight is 831 g/mol. The summed E-state index contributed by atoms with van der Waals surface area (Å²) in [7, 11) is 0. The Morgan fingerprint density at radius 1 is 0.746 bits per heavy atom. The fourth-order valence-electron chi connectivity index (χ4n) is 5.70. The van der Waals surface area contributed by atoms with Crippen LogP contribution in [0.2, 0.25) is 0 Å². The number of hydrogen-bond acceptors (Lipinski definition) is 11. The summed E-state index contributed by atoms with van der Waals surface area (Å²) < 4.78 is 31.3. The molecule has 0 radical (unpaired) electrons. The Morgan fingerprint density at radius 2 is 1.29 bits per heavy atom. The van der Waals surface area contributed by atoms with Gasteiger partial charge in [0.1, 0.15) is 46.5 Å². The summed E-state index contributed by atoms with van der Waals surface area (Å²) in [6, 6.07) is 4.45. The van der Waals surface area contributed by atoms with Gasteiger partial charge in [0.05, 0.1) is 6.10 Å². The number of nitrogens with one attached hydrogen (secondary N) is 6. The summed E-state index contributed by atoms with van der Waals surface area (Å²) in [5, 5.41) is 36.7. The lowest BCUT2D eigenvalue weighted by atomic mass is 9.95. The van der Waals surface area contributed by atoms with E-state index in [0.717, 1.165) is 0 Å². The van der Waals surface area contributed by atoms with Crippen LogP contribution in [0.1, 0.15) is 86.3 Å². The molecule has 1 aliphatic rings. The minimum atomic E-state index is -1.46. The average Bonchev–Trinajstić information content (AvgIpc) is 3.09. The first-order valence-corrected chi connectivity index (χ1v) is 19.4. The summed E-state index contributed by atoms with van der Waals surface area (Å²) >= 11 is 0. The second-order valence-corrected chi connectivity index (χ2v) is 17.2. The van der Waals surface area contributed by atoms with Crippen LogP contribution in [0.5, 0.6) is 5.75 Å². The van der Waals surface area contributed by atoms with Crippen molar-refractivity contribution in [2.75, 3.05) is 19.6 Å². The molecule has 2 aromatic rings. The van der Waals surface area contributed by atoms with Crippen LogP contribution in [0, 0.1) is 5.82 Å². The van der Waals surface area contributed by atoms with Crippen LogP contribution in [0.15, 0.2) is 36.4 Å². The van der Waals surface area contributed by atoms with E-state index in [0.29, 0.717) is 11.1 Å². The molecule has 1 heterocycles. The third-order valence-corrected chi connectivity index (χ3v) is 8.31. The van der Waals surface area contributed by atoms with Crippen molar-refractivity contribution in [1.29, 1.82) is 0 Å². The molecule has 0 spiro atoms. The molecular formula is C41H59FN6O11. The number of phenolic OH excluding ortho intramolecular Hbond substituents is 1. The topological polar surface area (TPSA) is 243 Å². The molecule has 0 aliphatic carbocycles. The van der Waals surface area contributed by atoms with E-state index in [1.54, 1.807) is 74.4 Å². The number of aromatic hydroxyl groups is 1. The molecule has 8 N–H and O–H groups in total. The maximum atomic E-state index is 15.5. The minimum Gasteiger partial charge on any atom is -0.508 e. The highest BCUT2D eigenvalue weighted by Gasteiger charge is 2.32. The fourth-order valence-corrected chi connectivity index (χ4v) is 5.70. The van der Waals surface area contributed by atoms with Crippen molar-refractivity contribution in [3.05, 3.63) is 53.3 Å². The Balaban J connectivity index is 2.01. The second-order valence-electron chi connectivity index (χ2n) is 17.2. The molecule has 1 unspecified atom stereocenters.